The summed E-state index contributed by atoms with van der Waals surface area (Å²) in [6, 6.07) is 0. The summed E-state index contributed by atoms with van der Waals surface area (Å²) in [7, 11) is 1.91. The average molecular weight is 388 g/mol. The Balaban J connectivity index is 0.00000338. The fourth-order valence-corrected chi connectivity index (χ4v) is 4.38. The molecule has 2 fully saturated rings. The Labute approximate surface area is 165 Å². The quantitative estimate of drug-likeness (QED) is 0.729. The molecule has 0 radical (unpaired) electrons. The van der Waals surface area contributed by atoms with E-state index in [1.165, 1.54) is 19.3 Å². The van der Waals surface area contributed by atoms with E-state index in [1.807, 2.05) is 16.8 Å². The highest BCUT2D eigenvalue weighted by molar-refractivity contribution is 5.85. The summed E-state index contributed by atoms with van der Waals surface area (Å²) in [5, 5.41) is 0. The van der Waals surface area contributed by atoms with Crippen molar-refractivity contribution in [2.24, 2.45) is 17.1 Å². The molecule has 2 aliphatic rings. The predicted molar refractivity (Wildman–Crippen MR) is 108 cm³/mol. The van der Waals surface area contributed by atoms with Crippen molar-refractivity contribution >= 4 is 24.2 Å². The zero-order valence-corrected chi connectivity index (χ0v) is 17.5. The van der Waals surface area contributed by atoms with Crippen LogP contribution in [0.2, 0.25) is 0 Å². The maximum atomic E-state index is 12.8. The van der Waals surface area contributed by atoms with Gasteiger partial charge < -0.3 is 15.5 Å². The molecule has 0 spiro atoms. The molecule has 5 nitrogen and oxygen atoms in total. The normalized spacial score (nSPS) is 20.3. The van der Waals surface area contributed by atoms with Gasteiger partial charge in [0.1, 0.15) is 0 Å². The number of amides is 2. The van der Waals surface area contributed by atoms with Gasteiger partial charge in [0.25, 0.3) is 0 Å². The number of hydrogen-bond donors (Lipinski definition) is 1. The van der Waals surface area contributed by atoms with Crippen LogP contribution in [-0.2, 0) is 9.59 Å². The van der Waals surface area contributed by atoms with Crippen molar-refractivity contribution in [1.29, 1.82) is 0 Å². The van der Waals surface area contributed by atoms with Crippen LogP contribution in [0.25, 0.3) is 0 Å². The van der Waals surface area contributed by atoms with Gasteiger partial charge in [-0.3, -0.25) is 9.59 Å². The summed E-state index contributed by atoms with van der Waals surface area (Å²) in [5.41, 5.74) is 6.06. The summed E-state index contributed by atoms with van der Waals surface area (Å²) in [6.45, 7) is 5.04. The molecule has 152 valence electrons. The summed E-state index contributed by atoms with van der Waals surface area (Å²) in [4.78, 5) is 29.1. The highest BCUT2D eigenvalue weighted by Crippen LogP contribution is 2.39. The van der Waals surface area contributed by atoms with E-state index >= 15 is 0 Å². The number of carbonyl (C=O) groups excluding carboxylic acids is 2. The van der Waals surface area contributed by atoms with Gasteiger partial charge >= 0.3 is 0 Å². The molecule has 2 amide bonds. The Morgan fingerprint density at radius 2 is 1.77 bits per heavy atom. The van der Waals surface area contributed by atoms with Crippen molar-refractivity contribution in [3.63, 3.8) is 0 Å². The van der Waals surface area contributed by atoms with Gasteiger partial charge in [-0.25, -0.2) is 0 Å². The van der Waals surface area contributed by atoms with Gasteiger partial charge in [0.2, 0.25) is 11.8 Å². The molecule has 0 aromatic heterocycles. The molecule has 1 saturated heterocycles. The molecule has 1 aliphatic heterocycles. The molecule has 0 unspecified atom stereocenters. The minimum atomic E-state index is 0. The number of carbonyl (C=O) groups is 2. The Morgan fingerprint density at radius 3 is 2.31 bits per heavy atom. The first-order chi connectivity index (χ1) is 12.0. The zero-order valence-electron chi connectivity index (χ0n) is 16.7. The van der Waals surface area contributed by atoms with Crippen LogP contribution in [-0.4, -0.2) is 54.8 Å². The third kappa shape index (κ3) is 6.12. The van der Waals surface area contributed by atoms with Crippen molar-refractivity contribution in [2.45, 2.75) is 71.1 Å². The number of nitrogens with two attached hydrogens (primary N) is 1. The number of piperidine rings is 1. The highest BCUT2D eigenvalue weighted by Gasteiger charge is 2.36. The molecule has 1 aliphatic carbocycles. The van der Waals surface area contributed by atoms with Gasteiger partial charge in [-0.1, -0.05) is 32.6 Å². The topological polar surface area (TPSA) is 66.6 Å². The van der Waals surface area contributed by atoms with Crippen LogP contribution < -0.4 is 5.73 Å². The molecule has 2 rings (SSSR count). The molecular weight excluding hydrogens is 350 g/mol. The lowest BCUT2D eigenvalue weighted by molar-refractivity contribution is -0.141. The van der Waals surface area contributed by atoms with E-state index in [4.69, 9.17) is 5.73 Å². The van der Waals surface area contributed by atoms with Crippen molar-refractivity contribution in [1.82, 2.24) is 9.80 Å². The van der Waals surface area contributed by atoms with Crippen LogP contribution in [0.5, 0.6) is 0 Å². The fourth-order valence-electron chi connectivity index (χ4n) is 4.38. The minimum Gasteiger partial charge on any atom is -0.346 e. The third-order valence-corrected chi connectivity index (χ3v) is 6.29. The van der Waals surface area contributed by atoms with Crippen molar-refractivity contribution < 1.29 is 9.59 Å². The van der Waals surface area contributed by atoms with Crippen LogP contribution in [0.4, 0.5) is 0 Å². The van der Waals surface area contributed by atoms with Gasteiger partial charge in [-0.05, 0) is 44.1 Å². The molecule has 0 aromatic carbocycles. The smallest absolute Gasteiger partial charge is 0.225 e. The van der Waals surface area contributed by atoms with E-state index in [0.717, 1.165) is 58.2 Å². The first kappa shape index (κ1) is 23.2. The standard InChI is InChI=1S/C20H37N3O2.ClH/c1-3-4-12-22(2)19(25)17-8-13-23(14-9-17)18(24)15-20(16-21)10-6-5-7-11-20;/h17H,3-16,21H2,1-2H3;1H. The summed E-state index contributed by atoms with van der Waals surface area (Å²) < 4.78 is 0. The first-order valence-electron chi connectivity index (χ1n) is 10.2. The van der Waals surface area contributed by atoms with E-state index in [0.29, 0.717) is 13.0 Å². The van der Waals surface area contributed by atoms with Crippen LogP contribution >= 0.6 is 12.4 Å². The van der Waals surface area contributed by atoms with E-state index in [1.54, 1.807) is 0 Å². The predicted octanol–water partition coefficient (Wildman–Crippen LogP) is 3.20. The Kier molecular flexibility index (Phi) is 9.94. The number of unbranched alkanes of at least 4 members (excludes halogenated alkanes) is 1. The lowest BCUT2D eigenvalue weighted by Gasteiger charge is -2.39. The van der Waals surface area contributed by atoms with E-state index in [2.05, 4.69) is 6.92 Å². The van der Waals surface area contributed by atoms with Gasteiger partial charge in [0.05, 0.1) is 0 Å². The number of hydrogen-bond acceptors (Lipinski definition) is 3. The highest BCUT2D eigenvalue weighted by atomic mass is 35.5. The molecule has 1 heterocycles. The van der Waals surface area contributed by atoms with Gasteiger partial charge in [-0.2, -0.15) is 0 Å². The lowest BCUT2D eigenvalue weighted by atomic mass is 9.71. The second-order valence-electron chi connectivity index (χ2n) is 8.21. The number of likely N-dealkylation sites (tertiary alicyclic amines) is 1. The monoisotopic (exact) mass is 387 g/mol. The number of nitrogens with zero attached hydrogens (tertiary/aromatic N) is 2. The van der Waals surface area contributed by atoms with Crippen LogP contribution in [0.15, 0.2) is 0 Å². The molecule has 0 atom stereocenters. The average Bonchev–Trinajstić information content (AvgIpc) is 2.66. The third-order valence-electron chi connectivity index (χ3n) is 6.29. The van der Waals surface area contributed by atoms with Gasteiger partial charge in [-0.15, -0.1) is 12.4 Å². The lowest BCUT2D eigenvalue weighted by Crippen LogP contribution is -2.46. The van der Waals surface area contributed by atoms with Gasteiger partial charge in [0, 0.05) is 39.0 Å². The maximum Gasteiger partial charge on any atom is 0.225 e. The summed E-state index contributed by atoms with van der Waals surface area (Å²) >= 11 is 0. The van der Waals surface area contributed by atoms with Crippen LogP contribution in [0, 0.1) is 11.3 Å². The SMILES string of the molecule is CCCCN(C)C(=O)C1CCN(C(=O)CC2(CN)CCCCC2)CC1.Cl. The van der Waals surface area contributed by atoms with Crippen molar-refractivity contribution in [3.8, 4) is 0 Å². The van der Waals surface area contributed by atoms with E-state index < -0.39 is 0 Å². The Hall–Kier alpha value is -0.810. The van der Waals surface area contributed by atoms with Gasteiger partial charge in [0.15, 0.2) is 0 Å². The van der Waals surface area contributed by atoms with Crippen molar-refractivity contribution in [3.05, 3.63) is 0 Å². The molecule has 0 bridgehead atoms. The van der Waals surface area contributed by atoms with E-state index in [-0.39, 0.29) is 35.6 Å². The minimum absolute atomic E-state index is 0. The summed E-state index contributed by atoms with van der Waals surface area (Å²) in [6.07, 6.45) is 10.2. The number of halogens is 1. The largest absolute Gasteiger partial charge is 0.346 e. The Bertz CT molecular complexity index is 444. The molecule has 26 heavy (non-hydrogen) atoms. The second-order valence-corrected chi connectivity index (χ2v) is 8.21. The van der Waals surface area contributed by atoms with Crippen LogP contribution in [0.3, 0.4) is 0 Å². The first-order valence-corrected chi connectivity index (χ1v) is 10.2. The summed E-state index contributed by atoms with van der Waals surface area (Å²) in [5.74, 6) is 0.591. The second kappa shape index (κ2) is 11.1. The maximum absolute atomic E-state index is 12.8. The van der Waals surface area contributed by atoms with Crippen molar-refractivity contribution in [2.75, 3.05) is 33.2 Å². The Morgan fingerprint density at radius 1 is 1.15 bits per heavy atom. The molecule has 6 heteroatoms. The van der Waals surface area contributed by atoms with Crippen LogP contribution in [0.1, 0.15) is 71.1 Å². The fraction of sp³-hybridized carbons (Fsp3) is 0.900. The number of rotatable bonds is 7. The van der Waals surface area contributed by atoms with E-state index in [9.17, 15) is 9.59 Å². The molecule has 0 aromatic rings. The molecule has 2 N–H and O–H groups in total. The molecule has 1 saturated carbocycles. The zero-order chi connectivity index (χ0) is 18.3. The molecular formula is C20H38ClN3O2.